The maximum absolute atomic E-state index is 12.9. The van der Waals surface area contributed by atoms with Crippen LogP contribution in [0.5, 0.6) is 11.5 Å². The van der Waals surface area contributed by atoms with Crippen molar-refractivity contribution in [1.29, 1.82) is 0 Å². The summed E-state index contributed by atoms with van der Waals surface area (Å²) in [5.74, 6) is 1.51. The van der Waals surface area contributed by atoms with E-state index >= 15 is 0 Å². The Kier molecular flexibility index (Phi) is 5.18. The van der Waals surface area contributed by atoms with Crippen molar-refractivity contribution in [1.82, 2.24) is 9.88 Å². The SMILES string of the molecule is CCC1Cn2c(C(=O)NCCc3ccccc3OC)cc3c(Cl)ccc(c32)O1. The quantitative estimate of drug-likeness (QED) is 0.667. The molecule has 1 amide bonds. The summed E-state index contributed by atoms with van der Waals surface area (Å²) < 4.78 is 13.5. The van der Waals surface area contributed by atoms with E-state index in [-0.39, 0.29) is 12.0 Å². The number of methoxy groups -OCH3 is 1. The van der Waals surface area contributed by atoms with E-state index in [1.54, 1.807) is 7.11 Å². The van der Waals surface area contributed by atoms with Crippen LogP contribution in [0.2, 0.25) is 5.02 Å². The van der Waals surface area contributed by atoms with E-state index in [1.165, 1.54) is 0 Å². The first-order valence-electron chi connectivity index (χ1n) is 9.50. The molecule has 4 rings (SSSR count). The molecule has 28 heavy (non-hydrogen) atoms. The predicted molar refractivity (Wildman–Crippen MR) is 111 cm³/mol. The van der Waals surface area contributed by atoms with E-state index in [0.717, 1.165) is 34.4 Å². The Morgan fingerprint density at radius 2 is 2.14 bits per heavy atom. The third-order valence-electron chi connectivity index (χ3n) is 5.21. The van der Waals surface area contributed by atoms with Gasteiger partial charge >= 0.3 is 0 Å². The second-order valence-corrected chi connectivity index (χ2v) is 7.32. The zero-order valence-electron chi connectivity index (χ0n) is 16.0. The van der Waals surface area contributed by atoms with E-state index in [9.17, 15) is 4.79 Å². The number of benzene rings is 2. The van der Waals surface area contributed by atoms with Crippen molar-refractivity contribution in [3.8, 4) is 11.5 Å². The molecule has 0 aliphatic carbocycles. The minimum absolute atomic E-state index is 0.0457. The standard InChI is InChI=1S/C22H23ClN2O3/c1-3-15-13-25-18(12-16-17(23)8-9-20(28-15)21(16)25)22(26)24-11-10-14-6-4-5-7-19(14)27-2/h4-9,12,15H,3,10-11,13H2,1-2H3,(H,24,26). The first-order valence-corrected chi connectivity index (χ1v) is 9.88. The van der Waals surface area contributed by atoms with Crippen LogP contribution in [-0.4, -0.2) is 30.2 Å². The molecule has 1 unspecified atom stereocenters. The van der Waals surface area contributed by atoms with Crippen LogP contribution in [-0.2, 0) is 13.0 Å². The fraction of sp³-hybridized carbons (Fsp3) is 0.318. The summed E-state index contributed by atoms with van der Waals surface area (Å²) in [5, 5.41) is 4.51. The summed E-state index contributed by atoms with van der Waals surface area (Å²) in [6.07, 6.45) is 1.61. The molecule has 2 aromatic carbocycles. The Morgan fingerprint density at radius 3 is 2.93 bits per heavy atom. The van der Waals surface area contributed by atoms with Gasteiger partial charge < -0.3 is 19.4 Å². The van der Waals surface area contributed by atoms with Gasteiger partial charge in [-0.05, 0) is 42.7 Å². The molecule has 0 fully saturated rings. The Labute approximate surface area is 169 Å². The summed E-state index contributed by atoms with van der Waals surface area (Å²) in [6, 6.07) is 13.4. The Morgan fingerprint density at radius 1 is 1.32 bits per heavy atom. The van der Waals surface area contributed by atoms with Gasteiger partial charge in [-0.1, -0.05) is 36.7 Å². The van der Waals surface area contributed by atoms with Gasteiger partial charge in [-0.2, -0.15) is 0 Å². The van der Waals surface area contributed by atoms with Crippen LogP contribution in [0.15, 0.2) is 42.5 Å². The smallest absolute Gasteiger partial charge is 0.267 e. The molecule has 146 valence electrons. The molecule has 1 N–H and O–H groups in total. The molecule has 1 aromatic heterocycles. The number of rotatable bonds is 6. The maximum atomic E-state index is 12.9. The van der Waals surface area contributed by atoms with Gasteiger partial charge in [0.25, 0.3) is 5.91 Å². The molecule has 0 spiro atoms. The summed E-state index contributed by atoms with van der Waals surface area (Å²) in [7, 11) is 1.65. The highest BCUT2D eigenvalue weighted by Crippen LogP contribution is 2.38. The highest BCUT2D eigenvalue weighted by atomic mass is 35.5. The zero-order chi connectivity index (χ0) is 19.7. The summed E-state index contributed by atoms with van der Waals surface area (Å²) >= 11 is 6.37. The molecule has 0 bridgehead atoms. The van der Waals surface area contributed by atoms with Crippen LogP contribution in [0.1, 0.15) is 29.4 Å². The first-order chi connectivity index (χ1) is 13.6. The van der Waals surface area contributed by atoms with Gasteiger partial charge in [-0.25, -0.2) is 0 Å². The minimum atomic E-state index is -0.107. The number of amides is 1. The molecule has 2 heterocycles. The van der Waals surface area contributed by atoms with Crippen molar-refractivity contribution in [3.05, 3.63) is 58.7 Å². The number of aromatic nitrogens is 1. The first kappa shape index (κ1) is 18.7. The number of nitrogens with zero attached hydrogens (tertiary/aromatic N) is 1. The molecule has 0 radical (unpaired) electrons. The third-order valence-corrected chi connectivity index (χ3v) is 5.54. The van der Waals surface area contributed by atoms with Gasteiger partial charge in [0.15, 0.2) is 0 Å². The molecule has 5 nitrogen and oxygen atoms in total. The van der Waals surface area contributed by atoms with E-state index in [2.05, 4.69) is 12.2 Å². The number of hydrogen-bond donors (Lipinski definition) is 1. The van der Waals surface area contributed by atoms with Gasteiger partial charge in [-0.15, -0.1) is 0 Å². The summed E-state index contributed by atoms with van der Waals surface area (Å²) in [4.78, 5) is 12.9. The molecule has 1 aliphatic heterocycles. The predicted octanol–water partition coefficient (Wildman–Crippen LogP) is 4.45. The van der Waals surface area contributed by atoms with Crippen molar-refractivity contribution in [2.75, 3.05) is 13.7 Å². The second kappa shape index (κ2) is 7.76. The highest BCUT2D eigenvalue weighted by Gasteiger charge is 2.26. The molecule has 0 saturated heterocycles. The number of nitrogens with one attached hydrogen (secondary N) is 1. The second-order valence-electron chi connectivity index (χ2n) is 6.91. The number of hydrogen-bond acceptors (Lipinski definition) is 3. The van der Waals surface area contributed by atoms with Crippen molar-refractivity contribution in [2.24, 2.45) is 0 Å². The average molecular weight is 399 g/mol. The Balaban J connectivity index is 1.57. The van der Waals surface area contributed by atoms with Crippen LogP contribution in [0.25, 0.3) is 10.9 Å². The van der Waals surface area contributed by atoms with Crippen molar-refractivity contribution < 1.29 is 14.3 Å². The lowest BCUT2D eigenvalue weighted by atomic mass is 10.1. The lowest BCUT2D eigenvalue weighted by Crippen LogP contribution is -2.32. The average Bonchev–Trinajstić information content (AvgIpc) is 3.12. The number of para-hydroxylation sites is 1. The summed E-state index contributed by atoms with van der Waals surface area (Å²) in [5.41, 5.74) is 2.58. The Bertz CT molecular complexity index is 1030. The lowest BCUT2D eigenvalue weighted by molar-refractivity contribution is 0.0938. The fourth-order valence-corrected chi connectivity index (χ4v) is 3.94. The van der Waals surface area contributed by atoms with E-state index in [1.807, 2.05) is 47.0 Å². The largest absolute Gasteiger partial charge is 0.496 e. The molecule has 0 saturated carbocycles. The van der Waals surface area contributed by atoms with E-state index in [0.29, 0.717) is 30.2 Å². The topological polar surface area (TPSA) is 52.5 Å². The van der Waals surface area contributed by atoms with Gasteiger partial charge in [0.05, 0.1) is 24.2 Å². The Hall–Kier alpha value is -2.66. The maximum Gasteiger partial charge on any atom is 0.267 e. The fourth-order valence-electron chi connectivity index (χ4n) is 3.73. The normalized spacial score (nSPS) is 15.3. The van der Waals surface area contributed by atoms with Crippen LogP contribution in [0.3, 0.4) is 0 Å². The number of halogens is 1. The summed E-state index contributed by atoms with van der Waals surface area (Å²) in [6.45, 7) is 3.25. The molecular weight excluding hydrogens is 376 g/mol. The molecule has 1 atom stereocenters. The monoisotopic (exact) mass is 398 g/mol. The number of carbonyl (C=O) groups excluding carboxylic acids is 1. The molecule has 6 heteroatoms. The van der Waals surface area contributed by atoms with Gasteiger partial charge in [0, 0.05) is 11.9 Å². The van der Waals surface area contributed by atoms with Crippen LogP contribution in [0.4, 0.5) is 0 Å². The van der Waals surface area contributed by atoms with Crippen LogP contribution < -0.4 is 14.8 Å². The number of ether oxygens (including phenoxy) is 2. The third kappa shape index (κ3) is 3.31. The van der Waals surface area contributed by atoms with E-state index < -0.39 is 0 Å². The van der Waals surface area contributed by atoms with Crippen molar-refractivity contribution in [2.45, 2.75) is 32.4 Å². The van der Waals surface area contributed by atoms with Crippen molar-refractivity contribution >= 4 is 28.4 Å². The van der Waals surface area contributed by atoms with Crippen molar-refractivity contribution in [3.63, 3.8) is 0 Å². The molecular formula is C22H23ClN2O3. The lowest BCUT2D eigenvalue weighted by Gasteiger charge is -2.26. The zero-order valence-corrected chi connectivity index (χ0v) is 16.8. The minimum Gasteiger partial charge on any atom is -0.496 e. The van der Waals surface area contributed by atoms with Gasteiger partial charge in [0.2, 0.25) is 0 Å². The van der Waals surface area contributed by atoms with Crippen LogP contribution in [0, 0.1) is 0 Å². The highest BCUT2D eigenvalue weighted by molar-refractivity contribution is 6.36. The molecule has 1 aliphatic rings. The number of carbonyl (C=O) groups is 1. The van der Waals surface area contributed by atoms with Gasteiger partial charge in [-0.3, -0.25) is 4.79 Å². The molecule has 3 aromatic rings. The van der Waals surface area contributed by atoms with Crippen LogP contribution >= 0.6 is 11.6 Å². The van der Waals surface area contributed by atoms with E-state index in [4.69, 9.17) is 21.1 Å². The van der Waals surface area contributed by atoms with Gasteiger partial charge in [0.1, 0.15) is 23.3 Å².